The summed E-state index contributed by atoms with van der Waals surface area (Å²) >= 11 is 1.47. The zero-order valence-corrected chi connectivity index (χ0v) is 13.8. The molecule has 0 radical (unpaired) electrons. The number of carbonyl (C=O) groups is 1. The van der Waals surface area contributed by atoms with E-state index in [1.54, 1.807) is 19.9 Å². The SMILES string of the molecule is Cc1nc(N2CCOCC2)sc1/C=C(\C#N)C(=O)OC(C)C. The third-order valence-corrected chi connectivity index (χ3v) is 4.23. The van der Waals surface area contributed by atoms with Gasteiger partial charge in [0.05, 0.1) is 29.9 Å². The van der Waals surface area contributed by atoms with E-state index in [4.69, 9.17) is 14.7 Å². The van der Waals surface area contributed by atoms with E-state index in [2.05, 4.69) is 9.88 Å². The van der Waals surface area contributed by atoms with Crippen LogP contribution in [0.15, 0.2) is 5.57 Å². The van der Waals surface area contributed by atoms with Crippen LogP contribution in [0.2, 0.25) is 0 Å². The van der Waals surface area contributed by atoms with Gasteiger partial charge in [-0.2, -0.15) is 5.26 Å². The third kappa shape index (κ3) is 4.06. The molecule has 0 spiro atoms. The minimum Gasteiger partial charge on any atom is -0.459 e. The van der Waals surface area contributed by atoms with E-state index in [9.17, 15) is 4.79 Å². The lowest BCUT2D eigenvalue weighted by molar-refractivity contribution is -0.142. The molecule has 0 aliphatic carbocycles. The molecule has 0 atom stereocenters. The second-order valence-corrected chi connectivity index (χ2v) is 6.18. The predicted molar refractivity (Wildman–Crippen MR) is 84.7 cm³/mol. The van der Waals surface area contributed by atoms with Crippen molar-refractivity contribution in [2.75, 3.05) is 31.2 Å². The smallest absolute Gasteiger partial charge is 0.349 e. The van der Waals surface area contributed by atoms with E-state index in [0.29, 0.717) is 13.2 Å². The van der Waals surface area contributed by atoms with Crippen molar-refractivity contribution in [2.24, 2.45) is 0 Å². The molecule has 0 bridgehead atoms. The first-order valence-electron chi connectivity index (χ1n) is 7.14. The molecule has 1 aromatic rings. The Morgan fingerprint density at radius 1 is 1.50 bits per heavy atom. The lowest BCUT2D eigenvalue weighted by Crippen LogP contribution is -2.36. The first-order valence-corrected chi connectivity index (χ1v) is 7.95. The Morgan fingerprint density at radius 2 is 2.18 bits per heavy atom. The Kier molecular flexibility index (Phi) is 5.52. The molecule has 6 nitrogen and oxygen atoms in total. The summed E-state index contributed by atoms with van der Waals surface area (Å²) < 4.78 is 10.4. The van der Waals surface area contributed by atoms with Crippen LogP contribution in [0, 0.1) is 18.3 Å². The standard InChI is InChI=1S/C15H19N3O3S/c1-10(2)21-14(19)12(9-16)8-13-11(3)17-15(22-13)18-4-6-20-7-5-18/h8,10H,4-7H2,1-3H3/b12-8+. The number of rotatable bonds is 4. The normalized spacial score (nSPS) is 15.8. The van der Waals surface area contributed by atoms with Crippen LogP contribution in [0.5, 0.6) is 0 Å². The number of hydrogen-bond donors (Lipinski definition) is 0. The van der Waals surface area contributed by atoms with Gasteiger partial charge in [-0.3, -0.25) is 0 Å². The van der Waals surface area contributed by atoms with E-state index in [0.717, 1.165) is 28.8 Å². The maximum atomic E-state index is 11.9. The van der Waals surface area contributed by atoms with Gasteiger partial charge in [-0.1, -0.05) is 11.3 Å². The molecule has 7 heteroatoms. The highest BCUT2D eigenvalue weighted by molar-refractivity contribution is 7.16. The van der Waals surface area contributed by atoms with E-state index >= 15 is 0 Å². The van der Waals surface area contributed by atoms with Gasteiger partial charge in [0, 0.05) is 13.1 Å². The fourth-order valence-corrected chi connectivity index (χ4v) is 3.02. The molecule has 1 saturated heterocycles. The molecule has 0 N–H and O–H groups in total. The predicted octanol–water partition coefficient (Wildman–Crippen LogP) is 2.15. The number of hydrogen-bond acceptors (Lipinski definition) is 7. The van der Waals surface area contributed by atoms with E-state index in [1.165, 1.54) is 11.3 Å². The molecule has 22 heavy (non-hydrogen) atoms. The van der Waals surface area contributed by atoms with Crippen molar-refractivity contribution in [3.05, 3.63) is 16.1 Å². The number of thiazole rings is 1. The van der Waals surface area contributed by atoms with Crippen LogP contribution >= 0.6 is 11.3 Å². The number of nitrogens with zero attached hydrogens (tertiary/aromatic N) is 3. The Balaban J connectivity index is 2.20. The maximum Gasteiger partial charge on any atom is 0.349 e. The summed E-state index contributed by atoms with van der Waals surface area (Å²) in [4.78, 5) is 19.3. The summed E-state index contributed by atoms with van der Waals surface area (Å²) in [6.07, 6.45) is 1.30. The zero-order chi connectivity index (χ0) is 16.1. The average molecular weight is 321 g/mol. The molecule has 0 amide bonds. The average Bonchev–Trinajstić information content (AvgIpc) is 2.86. The summed E-state index contributed by atoms with van der Waals surface area (Å²) in [5.74, 6) is -0.599. The Hall–Kier alpha value is -1.91. The van der Waals surface area contributed by atoms with Crippen molar-refractivity contribution < 1.29 is 14.3 Å². The van der Waals surface area contributed by atoms with Crippen molar-refractivity contribution in [1.82, 2.24) is 4.98 Å². The summed E-state index contributed by atoms with van der Waals surface area (Å²) in [7, 11) is 0. The molecule has 0 aromatic carbocycles. The number of esters is 1. The van der Waals surface area contributed by atoms with Crippen LogP contribution in [-0.4, -0.2) is 43.4 Å². The van der Waals surface area contributed by atoms with Gasteiger partial charge in [0.25, 0.3) is 0 Å². The number of anilines is 1. The molecule has 1 aliphatic heterocycles. The fourth-order valence-electron chi connectivity index (χ4n) is 1.96. The molecule has 0 saturated carbocycles. The number of aryl methyl sites for hydroxylation is 1. The Morgan fingerprint density at radius 3 is 2.77 bits per heavy atom. The third-order valence-electron chi connectivity index (χ3n) is 3.06. The van der Waals surface area contributed by atoms with Crippen LogP contribution in [0.4, 0.5) is 5.13 Å². The minimum atomic E-state index is -0.599. The lowest BCUT2D eigenvalue weighted by atomic mass is 10.2. The van der Waals surface area contributed by atoms with Crippen molar-refractivity contribution in [3.8, 4) is 6.07 Å². The molecule has 2 heterocycles. The lowest BCUT2D eigenvalue weighted by Gasteiger charge is -2.25. The Labute approximate surface area is 134 Å². The van der Waals surface area contributed by atoms with Crippen LogP contribution in [0.25, 0.3) is 6.08 Å². The number of ether oxygens (including phenoxy) is 2. The highest BCUT2D eigenvalue weighted by Gasteiger charge is 2.18. The molecule has 1 fully saturated rings. The monoisotopic (exact) mass is 321 g/mol. The first-order chi connectivity index (χ1) is 10.5. The number of carbonyl (C=O) groups excluding carboxylic acids is 1. The van der Waals surface area contributed by atoms with Crippen molar-refractivity contribution in [3.63, 3.8) is 0 Å². The quantitative estimate of drug-likeness (QED) is 0.480. The highest BCUT2D eigenvalue weighted by Crippen LogP contribution is 2.28. The van der Waals surface area contributed by atoms with Gasteiger partial charge in [0.15, 0.2) is 5.13 Å². The van der Waals surface area contributed by atoms with Crippen molar-refractivity contribution in [1.29, 1.82) is 5.26 Å². The Bertz CT molecular complexity index is 610. The van der Waals surface area contributed by atoms with Crippen LogP contribution in [0.3, 0.4) is 0 Å². The van der Waals surface area contributed by atoms with Gasteiger partial charge >= 0.3 is 5.97 Å². The molecular formula is C15H19N3O3S. The first kappa shape index (κ1) is 16.5. The molecule has 1 aromatic heterocycles. The topological polar surface area (TPSA) is 75.5 Å². The molecule has 118 valence electrons. The van der Waals surface area contributed by atoms with Crippen molar-refractivity contribution in [2.45, 2.75) is 26.9 Å². The fraction of sp³-hybridized carbons (Fsp3) is 0.533. The minimum absolute atomic E-state index is 0.00558. The second-order valence-electron chi connectivity index (χ2n) is 5.17. The summed E-state index contributed by atoms with van der Waals surface area (Å²) in [6.45, 7) is 8.35. The molecular weight excluding hydrogens is 302 g/mol. The zero-order valence-electron chi connectivity index (χ0n) is 13.0. The molecule has 2 rings (SSSR count). The molecule has 0 unspecified atom stereocenters. The van der Waals surface area contributed by atoms with Crippen LogP contribution in [0.1, 0.15) is 24.4 Å². The number of morpholine rings is 1. The van der Waals surface area contributed by atoms with Crippen LogP contribution < -0.4 is 4.90 Å². The molecule has 1 aliphatic rings. The van der Waals surface area contributed by atoms with Gasteiger partial charge in [-0.25, -0.2) is 9.78 Å². The van der Waals surface area contributed by atoms with E-state index < -0.39 is 5.97 Å². The number of aromatic nitrogens is 1. The van der Waals surface area contributed by atoms with Crippen molar-refractivity contribution >= 4 is 28.5 Å². The highest BCUT2D eigenvalue weighted by atomic mass is 32.1. The van der Waals surface area contributed by atoms with Gasteiger partial charge in [0.2, 0.25) is 0 Å². The number of nitriles is 1. The summed E-state index contributed by atoms with van der Waals surface area (Å²) in [5.41, 5.74) is 0.797. The van der Waals surface area contributed by atoms with Gasteiger partial charge < -0.3 is 14.4 Å². The van der Waals surface area contributed by atoms with Gasteiger partial charge in [-0.15, -0.1) is 0 Å². The van der Waals surface area contributed by atoms with Gasteiger partial charge in [0.1, 0.15) is 11.6 Å². The van der Waals surface area contributed by atoms with Gasteiger partial charge in [-0.05, 0) is 26.8 Å². The van der Waals surface area contributed by atoms with E-state index in [-0.39, 0.29) is 11.7 Å². The summed E-state index contributed by atoms with van der Waals surface area (Å²) in [5, 5.41) is 10.0. The summed E-state index contributed by atoms with van der Waals surface area (Å²) in [6, 6.07) is 1.90. The van der Waals surface area contributed by atoms with E-state index in [1.807, 2.05) is 13.0 Å². The second kappa shape index (κ2) is 7.38. The van der Waals surface area contributed by atoms with Crippen LogP contribution in [-0.2, 0) is 14.3 Å². The largest absolute Gasteiger partial charge is 0.459 e. The maximum absolute atomic E-state index is 11.9.